The smallest absolute Gasteiger partial charge is 0.194 e. The van der Waals surface area contributed by atoms with Gasteiger partial charge in [0.05, 0.1) is 18.3 Å². The quantitative estimate of drug-likeness (QED) is 0.604. The number of aliphatic hydroxyl groups excluding tert-OH is 1. The first-order valence-corrected chi connectivity index (χ1v) is 10.4. The summed E-state index contributed by atoms with van der Waals surface area (Å²) in [7, 11) is 0. The molecule has 2 aliphatic rings. The van der Waals surface area contributed by atoms with Crippen LogP contribution in [0.15, 0.2) is 15.6 Å². The van der Waals surface area contributed by atoms with Crippen molar-refractivity contribution in [2.24, 2.45) is 10.4 Å². The lowest BCUT2D eigenvalue weighted by Gasteiger charge is -2.39. The molecule has 1 saturated carbocycles. The van der Waals surface area contributed by atoms with E-state index in [1.165, 1.54) is 6.42 Å². The van der Waals surface area contributed by atoms with Gasteiger partial charge in [-0.3, -0.25) is 9.89 Å². The minimum absolute atomic E-state index is 0.0917. The van der Waals surface area contributed by atoms with Crippen molar-refractivity contribution >= 4 is 5.96 Å². The highest BCUT2D eigenvalue weighted by Gasteiger charge is 2.35. The number of piperazine rings is 1. The molecule has 2 fully saturated rings. The van der Waals surface area contributed by atoms with E-state index in [4.69, 9.17) is 9.52 Å². The Morgan fingerprint density at radius 2 is 2.15 bits per heavy atom. The molecule has 7 nitrogen and oxygen atoms in total. The van der Waals surface area contributed by atoms with E-state index in [-0.39, 0.29) is 11.5 Å². The molecule has 0 aromatic carbocycles. The summed E-state index contributed by atoms with van der Waals surface area (Å²) in [5.74, 6) is 1.84. The van der Waals surface area contributed by atoms with E-state index < -0.39 is 0 Å². The largest absolute Gasteiger partial charge is 0.392 e. The number of aromatic nitrogens is 1. The lowest BCUT2D eigenvalue weighted by atomic mass is 9.73. The van der Waals surface area contributed by atoms with Gasteiger partial charge >= 0.3 is 0 Å². The Labute approximate surface area is 162 Å². The van der Waals surface area contributed by atoms with E-state index in [0.717, 1.165) is 75.9 Å². The van der Waals surface area contributed by atoms with Gasteiger partial charge in [-0.2, -0.15) is 0 Å². The van der Waals surface area contributed by atoms with E-state index in [2.05, 4.69) is 34.1 Å². The summed E-state index contributed by atoms with van der Waals surface area (Å²) in [6.07, 6.45) is 4.05. The van der Waals surface area contributed by atoms with Gasteiger partial charge in [-0.25, -0.2) is 0 Å². The van der Waals surface area contributed by atoms with Crippen LogP contribution in [0.25, 0.3) is 0 Å². The Kier molecular flexibility index (Phi) is 6.76. The molecule has 1 aromatic rings. The molecule has 1 saturated heterocycles. The number of nitrogens with one attached hydrogen (secondary N) is 1. The van der Waals surface area contributed by atoms with E-state index in [1.807, 2.05) is 13.0 Å². The Morgan fingerprint density at radius 1 is 1.37 bits per heavy atom. The van der Waals surface area contributed by atoms with E-state index >= 15 is 0 Å². The highest BCUT2D eigenvalue weighted by molar-refractivity contribution is 5.80. The number of aliphatic imine (C=N–C) groups is 1. The van der Waals surface area contributed by atoms with E-state index in [0.29, 0.717) is 6.54 Å². The number of nitrogens with zero attached hydrogens (tertiary/aromatic N) is 4. The highest BCUT2D eigenvalue weighted by Crippen LogP contribution is 2.36. The normalized spacial score (nSPS) is 27.8. The standard InChI is InChI=1S/C20H35N5O2/c1-4-21-19(22-15-20(3)8-6-5-7-18(20)26)25-11-9-24(10-12-25)14-17-13-16(2)27-23-17/h13,18,26H,4-12,14-15H2,1-3H3,(H,21,22). The van der Waals surface area contributed by atoms with Crippen molar-refractivity contribution in [3.63, 3.8) is 0 Å². The molecule has 27 heavy (non-hydrogen) atoms. The lowest BCUT2D eigenvalue weighted by molar-refractivity contribution is 0.00698. The molecule has 152 valence electrons. The fourth-order valence-electron chi connectivity index (χ4n) is 4.09. The summed E-state index contributed by atoms with van der Waals surface area (Å²) in [6, 6.07) is 2.01. The first-order chi connectivity index (χ1) is 13.0. The van der Waals surface area contributed by atoms with Crippen LogP contribution in [0.2, 0.25) is 0 Å². The maximum Gasteiger partial charge on any atom is 0.194 e. The van der Waals surface area contributed by atoms with Crippen LogP contribution in [0.5, 0.6) is 0 Å². The van der Waals surface area contributed by atoms with Crippen molar-refractivity contribution in [3.05, 3.63) is 17.5 Å². The number of aliphatic hydroxyl groups is 1. The number of rotatable bonds is 5. The Morgan fingerprint density at radius 3 is 2.78 bits per heavy atom. The monoisotopic (exact) mass is 377 g/mol. The van der Waals surface area contributed by atoms with Crippen molar-refractivity contribution in [3.8, 4) is 0 Å². The molecule has 0 spiro atoms. The van der Waals surface area contributed by atoms with Gasteiger partial charge in [-0.15, -0.1) is 0 Å². The minimum Gasteiger partial charge on any atom is -0.392 e. The number of aryl methyl sites for hydroxylation is 1. The zero-order chi connectivity index (χ0) is 19.3. The third-order valence-electron chi connectivity index (χ3n) is 5.94. The molecule has 0 bridgehead atoms. The number of hydrogen-bond donors (Lipinski definition) is 2. The number of guanidine groups is 1. The van der Waals surface area contributed by atoms with Gasteiger partial charge < -0.3 is 19.8 Å². The van der Waals surface area contributed by atoms with Crippen molar-refractivity contribution in [2.75, 3.05) is 39.3 Å². The van der Waals surface area contributed by atoms with Crippen molar-refractivity contribution in [1.82, 2.24) is 20.3 Å². The van der Waals surface area contributed by atoms with Crippen LogP contribution in [-0.4, -0.2) is 71.4 Å². The Hall–Kier alpha value is -1.60. The van der Waals surface area contributed by atoms with Crippen LogP contribution in [0.4, 0.5) is 0 Å². The predicted molar refractivity (Wildman–Crippen MR) is 107 cm³/mol. The zero-order valence-corrected chi connectivity index (χ0v) is 17.1. The summed E-state index contributed by atoms with van der Waals surface area (Å²) in [5.41, 5.74) is 0.909. The fraction of sp³-hybridized carbons (Fsp3) is 0.800. The van der Waals surface area contributed by atoms with Crippen molar-refractivity contribution < 1.29 is 9.63 Å². The van der Waals surface area contributed by atoms with Crippen LogP contribution < -0.4 is 5.32 Å². The second kappa shape index (κ2) is 9.06. The Bertz CT molecular complexity index is 624. The van der Waals surface area contributed by atoms with Crippen LogP contribution in [0, 0.1) is 12.3 Å². The van der Waals surface area contributed by atoms with Gasteiger partial charge in [-0.1, -0.05) is 24.9 Å². The molecule has 3 rings (SSSR count). The van der Waals surface area contributed by atoms with Gasteiger partial charge in [-0.05, 0) is 26.7 Å². The molecule has 1 aromatic heterocycles. The van der Waals surface area contributed by atoms with Gasteiger partial charge in [0.15, 0.2) is 5.96 Å². The minimum atomic E-state index is -0.236. The molecule has 0 amide bonds. The SMILES string of the molecule is CCNC(=NCC1(C)CCCCC1O)N1CCN(Cc2cc(C)on2)CC1. The summed E-state index contributed by atoms with van der Waals surface area (Å²) in [5, 5.41) is 18.0. The average Bonchev–Trinajstić information content (AvgIpc) is 3.07. The molecule has 7 heteroatoms. The Balaban J connectivity index is 1.55. The molecule has 1 aliphatic heterocycles. The summed E-state index contributed by atoms with van der Waals surface area (Å²) >= 11 is 0. The van der Waals surface area contributed by atoms with Crippen molar-refractivity contribution in [1.29, 1.82) is 0 Å². The maximum atomic E-state index is 10.4. The van der Waals surface area contributed by atoms with Crippen LogP contribution in [-0.2, 0) is 6.54 Å². The van der Waals surface area contributed by atoms with Gasteiger partial charge in [0.1, 0.15) is 5.76 Å². The maximum absolute atomic E-state index is 10.4. The topological polar surface area (TPSA) is 77.1 Å². The predicted octanol–water partition coefficient (Wildman–Crippen LogP) is 2.01. The van der Waals surface area contributed by atoms with Gasteiger partial charge in [0, 0.05) is 50.7 Å². The molecule has 0 radical (unpaired) electrons. The number of hydrogen-bond acceptors (Lipinski definition) is 5. The summed E-state index contributed by atoms with van der Waals surface area (Å²) in [4.78, 5) is 9.67. The zero-order valence-electron chi connectivity index (χ0n) is 17.1. The van der Waals surface area contributed by atoms with E-state index in [1.54, 1.807) is 0 Å². The first kappa shape index (κ1) is 20.1. The second-order valence-corrected chi connectivity index (χ2v) is 8.28. The van der Waals surface area contributed by atoms with Crippen molar-refractivity contribution in [2.45, 2.75) is 59.1 Å². The van der Waals surface area contributed by atoms with Crippen LogP contribution in [0.3, 0.4) is 0 Å². The molecular formula is C20H35N5O2. The second-order valence-electron chi connectivity index (χ2n) is 8.28. The molecular weight excluding hydrogens is 342 g/mol. The van der Waals surface area contributed by atoms with Crippen LogP contribution in [0.1, 0.15) is 51.0 Å². The molecule has 2 N–H and O–H groups in total. The third-order valence-corrected chi connectivity index (χ3v) is 5.94. The van der Waals surface area contributed by atoms with Gasteiger partial charge in [0.25, 0.3) is 0 Å². The van der Waals surface area contributed by atoms with Gasteiger partial charge in [0.2, 0.25) is 0 Å². The first-order valence-electron chi connectivity index (χ1n) is 10.4. The van der Waals surface area contributed by atoms with E-state index in [9.17, 15) is 5.11 Å². The molecule has 2 atom stereocenters. The fourth-order valence-corrected chi connectivity index (χ4v) is 4.09. The molecule has 2 heterocycles. The average molecular weight is 378 g/mol. The highest BCUT2D eigenvalue weighted by atomic mass is 16.5. The summed E-state index contributed by atoms with van der Waals surface area (Å²) < 4.78 is 5.17. The van der Waals surface area contributed by atoms with Crippen LogP contribution >= 0.6 is 0 Å². The third kappa shape index (κ3) is 5.23. The molecule has 1 aliphatic carbocycles. The summed E-state index contributed by atoms with van der Waals surface area (Å²) in [6.45, 7) is 12.5. The lowest BCUT2D eigenvalue weighted by Crippen LogP contribution is -2.52. The molecule has 2 unspecified atom stereocenters.